The summed E-state index contributed by atoms with van der Waals surface area (Å²) in [5, 5.41) is 8.55. The molecule has 160 valence electrons. The predicted molar refractivity (Wildman–Crippen MR) is 117 cm³/mol. The van der Waals surface area contributed by atoms with Gasteiger partial charge in [-0.1, -0.05) is 24.2 Å². The number of imidazole rings is 1. The van der Waals surface area contributed by atoms with Crippen LogP contribution in [0.25, 0.3) is 34.0 Å². The molecule has 3 aromatic rings. The number of hydrogen-bond donors (Lipinski definition) is 0. The molecule has 0 fully saturated rings. The molecule has 32 heavy (non-hydrogen) atoms. The standard InChI is InChI=1S/C24H20FN5O2/c1-2-10-31-19-8-6-16(7-9-19)21-12-20(32-29-21)14-30-15-23-22(13-26-30)27-24(28-23)17-4-3-5-18(25)11-17/h3-9,11-13,15H,2,10,14H2,1H3. The Hall–Kier alpha value is -4.07. The van der Waals surface area contributed by atoms with Crippen molar-refractivity contribution in [2.24, 2.45) is 0 Å². The van der Waals surface area contributed by atoms with Gasteiger partial charge < -0.3 is 9.26 Å². The summed E-state index contributed by atoms with van der Waals surface area (Å²) in [6, 6.07) is 15.9. The molecule has 0 N–H and O–H groups in total. The van der Waals surface area contributed by atoms with E-state index in [0.29, 0.717) is 41.7 Å². The third kappa shape index (κ3) is 4.20. The molecule has 2 aliphatic heterocycles. The van der Waals surface area contributed by atoms with Crippen LogP contribution >= 0.6 is 0 Å². The summed E-state index contributed by atoms with van der Waals surface area (Å²) in [5.74, 6) is 1.63. The van der Waals surface area contributed by atoms with E-state index in [2.05, 4.69) is 27.1 Å². The molecular weight excluding hydrogens is 409 g/mol. The van der Waals surface area contributed by atoms with Crippen LogP contribution in [0.2, 0.25) is 0 Å². The quantitative estimate of drug-likeness (QED) is 0.359. The first-order valence-electron chi connectivity index (χ1n) is 10.3. The van der Waals surface area contributed by atoms with Gasteiger partial charge in [-0.15, -0.1) is 0 Å². The number of halogens is 1. The van der Waals surface area contributed by atoms with Crippen LogP contribution < -0.4 is 4.74 Å². The maximum atomic E-state index is 13.5. The van der Waals surface area contributed by atoms with E-state index in [0.717, 1.165) is 23.4 Å². The molecule has 3 heterocycles. The third-order valence-electron chi connectivity index (χ3n) is 4.90. The van der Waals surface area contributed by atoms with Gasteiger partial charge in [-0.05, 0) is 42.8 Å². The van der Waals surface area contributed by atoms with E-state index in [9.17, 15) is 4.39 Å². The minimum Gasteiger partial charge on any atom is -0.494 e. The smallest absolute Gasteiger partial charge is 0.160 e. The Balaban J connectivity index is 1.33. The topological polar surface area (TPSA) is 78.9 Å². The molecule has 0 saturated heterocycles. The molecule has 2 aliphatic rings. The SMILES string of the molecule is CCCOc1ccc(-c2cc(Cn3cc4nc(-c5cccc(F)c5)nc-4cn3)on2)cc1. The Morgan fingerprint density at radius 3 is 2.62 bits per heavy atom. The lowest BCUT2D eigenvalue weighted by Crippen LogP contribution is -2.04. The van der Waals surface area contributed by atoms with E-state index >= 15 is 0 Å². The molecule has 0 atom stereocenters. The van der Waals surface area contributed by atoms with Crippen LogP contribution in [0, 0.1) is 5.82 Å². The highest BCUT2D eigenvalue weighted by atomic mass is 19.1. The van der Waals surface area contributed by atoms with Crippen molar-refractivity contribution in [3.8, 4) is 39.8 Å². The van der Waals surface area contributed by atoms with Crippen molar-refractivity contribution in [2.75, 3.05) is 6.61 Å². The molecule has 7 nitrogen and oxygen atoms in total. The Bertz CT molecular complexity index is 1310. The molecule has 0 saturated carbocycles. The van der Waals surface area contributed by atoms with Crippen LogP contribution in [-0.4, -0.2) is 31.5 Å². The predicted octanol–water partition coefficient (Wildman–Crippen LogP) is 5.08. The number of rotatable bonds is 7. The second kappa shape index (κ2) is 8.58. The van der Waals surface area contributed by atoms with Crippen LogP contribution in [0.15, 0.2) is 71.5 Å². The van der Waals surface area contributed by atoms with Gasteiger partial charge in [-0.2, -0.15) is 5.10 Å². The van der Waals surface area contributed by atoms with Crippen molar-refractivity contribution in [3.63, 3.8) is 0 Å². The first-order valence-corrected chi connectivity index (χ1v) is 10.3. The number of aromatic nitrogens is 5. The van der Waals surface area contributed by atoms with Gasteiger partial charge in [0.2, 0.25) is 0 Å². The summed E-state index contributed by atoms with van der Waals surface area (Å²) in [6.45, 7) is 3.16. The lowest BCUT2D eigenvalue weighted by atomic mass is 10.1. The minimum atomic E-state index is -0.325. The van der Waals surface area contributed by atoms with E-state index in [1.807, 2.05) is 30.3 Å². The maximum absolute atomic E-state index is 13.5. The van der Waals surface area contributed by atoms with E-state index < -0.39 is 0 Å². The first-order chi connectivity index (χ1) is 15.7. The van der Waals surface area contributed by atoms with Gasteiger partial charge in [-0.25, -0.2) is 14.4 Å². The Kier molecular flexibility index (Phi) is 5.33. The molecule has 8 heteroatoms. The highest BCUT2D eigenvalue weighted by molar-refractivity contribution is 5.65. The van der Waals surface area contributed by atoms with E-state index in [-0.39, 0.29) is 5.82 Å². The lowest BCUT2D eigenvalue weighted by molar-refractivity contribution is 0.317. The third-order valence-corrected chi connectivity index (χ3v) is 4.90. The zero-order valence-corrected chi connectivity index (χ0v) is 17.4. The molecule has 5 rings (SSSR count). The molecule has 1 aromatic heterocycles. The zero-order valence-electron chi connectivity index (χ0n) is 17.4. The van der Waals surface area contributed by atoms with Crippen LogP contribution in [0.3, 0.4) is 0 Å². The highest BCUT2D eigenvalue weighted by Crippen LogP contribution is 2.25. The lowest BCUT2D eigenvalue weighted by Gasteiger charge is -2.04. The fourth-order valence-corrected chi connectivity index (χ4v) is 3.33. The molecule has 0 amide bonds. The molecular formula is C24H20FN5O2. The van der Waals surface area contributed by atoms with Gasteiger partial charge in [0.25, 0.3) is 0 Å². The average molecular weight is 429 g/mol. The molecule has 0 spiro atoms. The van der Waals surface area contributed by atoms with Crippen LogP contribution in [-0.2, 0) is 6.54 Å². The van der Waals surface area contributed by atoms with Crippen LogP contribution in [0.1, 0.15) is 19.1 Å². The molecule has 0 unspecified atom stereocenters. The van der Waals surface area contributed by atoms with Crippen molar-refractivity contribution in [3.05, 3.63) is 78.6 Å². The fourth-order valence-electron chi connectivity index (χ4n) is 3.33. The Labute approximate surface area is 183 Å². The Morgan fingerprint density at radius 2 is 1.81 bits per heavy atom. The summed E-state index contributed by atoms with van der Waals surface area (Å²) < 4.78 is 26.3. The van der Waals surface area contributed by atoms with Crippen molar-refractivity contribution in [1.82, 2.24) is 24.9 Å². The van der Waals surface area contributed by atoms with E-state index in [1.54, 1.807) is 29.2 Å². The summed E-state index contributed by atoms with van der Waals surface area (Å²) in [5.41, 5.74) is 3.62. The van der Waals surface area contributed by atoms with Gasteiger partial charge in [0, 0.05) is 17.2 Å². The minimum absolute atomic E-state index is 0.325. The average Bonchev–Trinajstić information content (AvgIpc) is 3.45. The number of nitrogens with zero attached hydrogens (tertiary/aromatic N) is 5. The van der Waals surface area contributed by atoms with Crippen LogP contribution in [0.4, 0.5) is 4.39 Å². The number of hydrogen-bond acceptors (Lipinski definition) is 6. The van der Waals surface area contributed by atoms with Gasteiger partial charge in [0.05, 0.1) is 19.0 Å². The first kappa shape index (κ1) is 19.9. The highest BCUT2D eigenvalue weighted by Gasteiger charge is 2.15. The van der Waals surface area contributed by atoms with Crippen molar-refractivity contribution in [1.29, 1.82) is 0 Å². The second-order valence-corrected chi connectivity index (χ2v) is 7.35. The number of benzene rings is 2. The largest absolute Gasteiger partial charge is 0.494 e. The second-order valence-electron chi connectivity index (χ2n) is 7.35. The summed E-state index contributed by atoms with van der Waals surface area (Å²) in [7, 11) is 0. The molecule has 0 bridgehead atoms. The van der Waals surface area contributed by atoms with Gasteiger partial charge in [0.1, 0.15) is 35.2 Å². The van der Waals surface area contributed by atoms with Gasteiger partial charge >= 0.3 is 0 Å². The van der Waals surface area contributed by atoms with Crippen LogP contribution in [0.5, 0.6) is 5.75 Å². The van der Waals surface area contributed by atoms with Crippen molar-refractivity contribution < 1.29 is 13.7 Å². The summed E-state index contributed by atoms with van der Waals surface area (Å²) in [4.78, 5) is 8.95. The van der Waals surface area contributed by atoms with Crippen molar-refractivity contribution in [2.45, 2.75) is 19.9 Å². The summed E-state index contributed by atoms with van der Waals surface area (Å²) in [6.07, 6.45) is 4.39. The molecule has 2 aromatic carbocycles. The maximum Gasteiger partial charge on any atom is 0.160 e. The van der Waals surface area contributed by atoms with Crippen molar-refractivity contribution >= 4 is 0 Å². The number of ether oxygens (including phenoxy) is 1. The fraction of sp³-hybridized carbons (Fsp3) is 0.167. The monoisotopic (exact) mass is 429 g/mol. The molecule has 0 aliphatic carbocycles. The van der Waals surface area contributed by atoms with Gasteiger partial charge in [-0.3, -0.25) is 4.68 Å². The van der Waals surface area contributed by atoms with E-state index in [4.69, 9.17) is 9.26 Å². The van der Waals surface area contributed by atoms with E-state index in [1.165, 1.54) is 12.1 Å². The zero-order chi connectivity index (χ0) is 21.9. The Morgan fingerprint density at radius 1 is 0.969 bits per heavy atom. The number of fused-ring (bicyclic) bond motifs is 1. The normalized spacial score (nSPS) is 11.2. The molecule has 0 radical (unpaired) electrons. The summed E-state index contributed by atoms with van der Waals surface area (Å²) >= 11 is 0. The van der Waals surface area contributed by atoms with Gasteiger partial charge in [0.15, 0.2) is 11.6 Å².